The third kappa shape index (κ3) is 3.28. The number of nitrogens with one attached hydrogen (secondary N) is 1. The third-order valence-electron chi connectivity index (χ3n) is 3.77. The molecule has 0 radical (unpaired) electrons. The first kappa shape index (κ1) is 14.8. The number of aromatic nitrogens is 1. The molecule has 1 aliphatic rings. The monoisotopic (exact) mass is 277 g/mol. The van der Waals surface area contributed by atoms with Gasteiger partial charge in [-0.15, -0.1) is 0 Å². The highest BCUT2D eigenvalue weighted by molar-refractivity contribution is 5.98. The molecule has 5 heteroatoms. The Morgan fingerprint density at radius 3 is 2.70 bits per heavy atom. The van der Waals surface area contributed by atoms with Crippen LogP contribution in [0.1, 0.15) is 42.5 Å². The Hall–Kier alpha value is -1.62. The van der Waals surface area contributed by atoms with Gasteiger partial charge in [0.25, 0.3) is 0 Å². The maximum Gasteiger partial charge on any atom is 0.225 e. The SMILES string of the molecule is COC1CCCC(Oc2nc(C)cc(C)c2C(=N)N)C1. The Balaban J connectivity index is 2.22. The van der Waals surface area contributed by atoms with Crippen LogP contribution in [0, 0.1) is 19.3 Å². The van der Waals surface area contributed by atoms with Gasteiger partial charge in [-0.1, -0.05) is 0 Å². The Kier molecular flexibility index (Phi) is 4.60. The molecule has 0 spiro atoms. The fourth-order valence-electron chi connectivity index (χ4n) is 2.80. The van der Waals surface area contributed by atoms with E-state index in [2.05, 4.69) is 4.98 Å². The number of hydrogen-bond acceptors (Lipinski definition) is 4. The van der Waals surface area contributed by atoms with Gasteiger partial charge < -0.3 is 15.2 Å². The van der Waals surface area contributed by atoms with Gasteiger partial charge in [0.05, 0.1) is 11.7 Å². The van der Waals surface area contributed by atoms with E-state index in [0.717, 1.165) is 36.9 Å². The molecule has 2 unspecified atom stereocenters. The van der Waals surface area contributed by atoms with Crippen LogP contribution in [0.25, 0.3) is 0 Å². The van der Waals surface area contributed by atoms with Crippen molar-refractivity contribution in [3.63, 3.8) is 0 Å². The van der Waals surface area contributed by atoms with E-state index in [1.807, 2.05) is 19.9 Å². The predicted molar refractivity (Wildman–Crippen MR) is 78.4 cm³/mol. The lowest BCUT2D eigenvalue weighted by Gasteiger charge is -2.29. The van der Waals surface area contributed by atoms with E-state index < -0.39 is 0 Å². The second kappa shape index (κ2) is 6.22. The van der Waals surface area contributed by atoms with Crippen LogP contribution in [0.2, 0.25) is 0 Å². The summed E-state index contributed by atoms with van der Waals surface area (Å²) in [6.07, 6.45) is 4.36. The second-order valence-electron chi connectivity index (χ2n) is 5.44. The summed E-state index contributed by atoms with van der Waals surface area (Å²) in [7, 11) is 1.74. The Morgan fingerprint density at radius 2 is 2.05 bits per heavy atom. The topological polar surface area (TPSA) is 81.2 Å². The Bertz CT molecular complexity index is 502. The van der Waals surface area contributed by atoms with Gasteiger partial charge >= 0.3 is 0 Å². The summed E-state index contributed by atoms with van der Waals surface area (Å²) >= 11 is 0. The van der Waals surface area contributed by atoms with Crippen LogP contribution in [0.3, 0.4) is 0 Å². The van der Waals surface area contributed by atoms with Gasteiger partial charge in [0.15, 0.2) is 0 Å². The molecule has 1 aliphatic carbocycles. The lowest BCUT2D eigenvalue weighted by atomic mass is 9.95. The number of nitrogens with two attached hydrogens (primary N) is 1. The molecule has 1 fully saturated rings. The van der Waals surface area contributed by atoms with Crippen molar-refractivity contribution in [3.05, 3.63) is 22.9 Å². The van der Waals surface area contributed by atoms with Crippen LogP contribution in [0.4, 0.5) is 0 Å². The summed E-state index contributed by atoms with van der Waals surface area (Å²) in [5.74, 6) is 0.487. The predicted octanol–water partition coefficient (Wildman–Crippen LogP) is 2.32. The van der Waals surface area contributed by atoms with Gasteiger partial charge in [0, 0.05) is 19.2 Å². The van der Waals surface area contributed by atoms with Crippen molar-refractivity contribution >= 4 is 5.84 Å². The molecule has 0 amide bonds. The molecule has 0 aliphatic heterocycles. The van der Waals surface area contributed by atoms with Crippen molar-refractivity contribution < 1.29 is 9.47 Å². The zero-order chi connectivity index (χ0) is 14.7. The number of methoxy groups -OCH3 is 1. The maximum atomic E-state index is 7.71. The van der Waals surface area contributed by atoms with Gasteiger partial charge in [0.1, 0.15) is 11.9 Å². The van der Waals surface area contributed by atoms with Crippen molar-refractivity contribution in [2.24, 2.45) is 5.73 Å². The summed E-state index contributed by atoms with van der Waals surface area (Å²) in [6.45, 7) is 3.85. The molecule has 1 aromatic rings. The summed E-state index contributed by atoms with van der Waals surface area (Å²) in [5.41, 5.74) is 8.08. The lowest BCUT2D eigenvalue weighted by molar-refractivity contribution is 0.0194. The number of aryl methyl sites for hydroxylation is 2. The Morgan fingerprint density at radius 1 is 1.35 bits per heavy atom. The second-order valence-corrected chi connectivity index (χ2v) is 5.44. The van der Waals surface area contributed by atoms with Gasteiger partial charge in [0.2, 0.25) is 5.88 Å². The van der Waals surface area contributed by atoms with Crippen LogP contribution in [0.15, 0.2) is 6.07 Å². The number of hydrogen-bond donors (Lipinski definition) is 2. The number of amidine groups is 1. The van der Waals surface area contributed by atoms with Crippen molar-refractivity contribution in [3.8, 4) is 5.88 Å². The zero-order valence-corrected chi connectivity index (χ0v) is 12.4. The lowest BCUT2D eigenvalue weighted by Crippen LogP contribution is -2.30. The molecule has 5 nitrogen and oxygen atoms in total. The molecular formula is C15H23N3O2. The molecule has 3 N–H and O–H groups in total. The average Bonchev–Trinajstić information content (AvgIpc) is 2.37. The first-order chi connectivity index (χ1) is 9.51. The molecule has 2 rings (SSSR count). The van der Waals surface area contributed by atoms with Crippen LogP contribution < -0.4 is 10.5 Å². The molecule has 1 heterocycles. The highest BCUT2D eigenvalue weighted by atomic mass is 16.5. The minimum Gasteiger partial charge on any atom is -0.474 e. The van der Waals surface area contributed by atoms with Crippen molar-refractivity contribution in [1.82, 2.24) is 4.98 Å². The Labute approximate surface area is 120 Å². The molecular weight excluding hydrogens is 254 g/mol. The number of nitrogens with zero attached hydrogens (tertiary/aromatic N) is 1. The van der Waals surface area contributed by atoms with Crippen molar-refractivity contribution in [2.75, 3.05) is 7.11 Å². The average molecular weight is 277 g/mol. The van der Waals surface area contributed by atoms with Crippen molar-refractivity contribution in [2.45, 2.75) is 51.7 Å². The molecule has 20 heavy (non-hydrogen) atoms. The fourth-order valence-corrected chi connectivity index (χ4v) is 2.80. The molecule has 2 atom stereocenters. The highest BCUT2D eigenvalue weighted by Crippen LogP contribution is 2.27. The maximum absolute atomic E-state index is 7.71. The van der Waals surface area contributed by atoms with Crippen molar-refractivity contribution in [1.29, 1.82) is 5.41 Å². The van der Waals surface area contributed by atoms with E-state index in [-0.39, 0.29) is 18.0 Å². The van der Waals surface area contributed by atoms with E-state index in [4.69, 9.17) is 20.6 Å². The molecule has 0 bridgehead atoms. The van der Waals surface area contributed by atoms with Crippen LogP contribution >= 0.6 is 0 Å². The van der Waals surface area contributed by atoms with E-state index in [1.165, 1.54) is 0 Å². The largest absolute Gasteiger partial charge is 0.474 e. The first-order valence-electron chi connectivity index (χ1n) is 7.03. The van der Waals surface area contributed by atoms with E-state index in [9.17, 15) is 0 Å². The van der Waals surface area contributed by atoms with E-state index in [1.54, 1.807) is 7.11 Å². The first-order valence-corrected chi connectivity index (χ1v) is 7.03. The summed E-state index contributed by atoms with van der Waals surface area (Å²) in [5, 5.41) is 7.71. The smallest absolute Gasteiger partial charge is 0.225 e. The van der Waals surface area contributed by atoms with E-state index >= 15 is 0 Å². The van der Waals surface area contributed by atoms with Gasteiger partial charge in [-0.25, -0.2) is 4.98 Å². The normalized spacial score (nSPS) is 22.6. The minimum atomic E-state index is 0.00380. The van der Waals surface area contributed by atoms with Gasteiger partial charge in [-0.05, 0) is 44.7 Å². The molecule has 0 saturated heterocycles. The fraction of sp³-hybridized carbons (Fsp3) is 0.600. The molecule has 110 valence electrons. The third-order valence-corrected chi connectivity index (χ3v) is 3.77. The van der Waals surface area contributed by atoms with Crippen LogP contribution in [0.5, 0.6) is 5.88 Å². The molecule has 1 aromatic heterocycles. The number of rotatable bonds is 4. The molecule has 0 aromatic carbocycles. The summed E-state index contributed by atoms with van der Waals surface area (Å²) in [4.78, 5) is 4.42. The molecule has 1 saturated carbocycles. The summed E-state index contributed by atoms with van der Waals surface area (Å²) in [6, 6.07) is 1.92. The number of pyridine rings is 1. The minimum absolute atomic E-state index is 0.00380. The number of nitrogen functional groups attached to an aromatic ring is 1. The van der Waals surface area contributed by atoms with Crippen LogP contribution in [-0.2, 0) is 4.74 Å². The zero-order valence-electron chi connectivity index (χ0n) is 12.4. The van der Waals surface area contributed by atoms with Gasteiger partial charge in [-0.2, -0.15) is 0 Å². The van der Waals surface area contributed by atoms with E-state index in [0.29, 0.717) is 11.4 Å². The standard InChI is InChI=1S/C15H23N3O2/c1-9-7-10(2)18-15(13(9)14(16)17)20-12-6-4-5-11(8-12)19-3/h7,11-12H,4-6,8H2,1-3H3,(H3,16,17). The van der Waals surface area contributed by atoms with Crippen LogP contribution in [-0.4, -0.2) is 30.1 Å². The summed E-state index contributed by atoms with van der Waals surface area (Å²) < 4.78 is 11.4. The van der Waals surface area contributed by atoms with Gasteiger partial charge in [-0.3, -0.25) is 5.41 Å². The number of ether oxygens (including phenoxy) is 2. The quantitative estimate of drug-likeness (QED) is 0.653. The highest BCUT2D eigenvalue weighted by Gasteiger charge is 2.25.